The van der Waals surface area contributed by atoms with Gasteiger partial charge in [0.25, 0.3) is 5.91 Å². The Morgan fingerprint density at radius 1 is 1.07 bits per heavy atom. The number of esters is 1. The second-order valence-electron chi connectivity index (χ2n) is 6.90. The Bertz CT molecular complexity index is 1200. The maximum atomic E-state index is 12.8. The number of ether oxygens (including phenoxy) is 1. The van der Waals surface area contributed by atoms with E-state index in [2.05, 4.69) is 20.3 Å². The molecule has 2 aromatic heterocycles. The van der Waals surface area contributed by atoms with Crippen LogP contribution in [-0.4, -0.2) is 32.9 Å². The van der Waals surface area contributed by atoms with Crippen LogP contribution in [0, 0.1) is 6.92 Å². The molecule has 1 atom stereocenters. The van der Waals surface area contributed by atoms with Crippen molar-refractivity contribution in [1.29, 1.82) is 0 Å². The minimum absolute atomic E-state index is 0.324. The summed E-state index contributed by atoms with van der Waals surface area (Å²) in [6.07, 6.45) is 0.606. The standard InChI is InChI=1S/C23H20N4O3/c1-14-11-12-24-20(13-14)27-22(28)15(2)30-23(29)17-8-4-3-7-16(17)21-25-18-9-5-6-10-19(18)26-21/h3-13,15H,1-2H3,(H,25,26)(H,24,27,28). The first-order valence-electron chi connectivity index (χ1n) is 9.50. The molecule has 2 N–H and O–H groups in total. The molecule has 4 rings (SSSR count). The van der Waals surface area contributed by atoms with Crippen molar-refractivity contribution >= 4 is 28.7 Å². The fourth-order valence-corrected chi connectivity index (χ4v) is 3.06. The smallest absolute Gasteiger partial charge is 0.339 e. The van der Waals surface area contributed by atoms with Crippen LogP contribution in [0.3, 0.4) is 0 Å². The van der Waals surface area contributed by atoms with Gasteiger partial charge >= 0.3 is 5.97 Å². The highest BCUT2D eigenvalue weighted by atomic mass is 16.5. The van der Waals surface area contributed by atoms with Crippen LogP contribution in [0.25, 0.3) is 22.4 Å². The lowest BCUT2D eigenvalue weighted by Crippen LogP contribution is -2.30. The van der Waals surface area contributed by atoms with Crippen molar-refractivity contribution in [2.24, 2.45) is 0 Å². The Labute approximate surface area is 173 Å². The molecule has 7 nitrogen and oxygen atoms in total. The summed E-state index contributed by atoms with van der Waals surface area (Å²) in [6, 6.07) is 18.2. The summed E-state index contributed by atoms with van der Waals surface area (Å²) in [5, 5.41) is 2.66. The first-order valence-corrected chi connectivity index (χ1v) is 9.50. The number of aromatic amines is 1. The van der Waals surface area contributed by atoms with Gasteiger partial charge in [0, 0.05) is 11.8 Å². The number of rotatable bonds is 5. The van der Waals surface area contributed by atoms with E-state index in [1.54, 1.807) is 30.5 Å². The van der Waals surface area contributed by atoms with Crippen LogP contribution in [0.4, 0.5) is 5.82 Å². The first kappa shape index (κ1) is 19.3. The third-order valence-corrected chi connectivity index (χ3v) is 4.61. The third kappa shape index (κ3) is 4.05. The zero-order chi connectivity index (χ0) is 21.1. The van der Waals surface area contributed by atoms with Crippen LogP contribution in [0.5, 0.6) is 0 Å². The number of imidazole rings is 1. The van der Waals surface area contributed by atoms with Crippen molar-refractivity contribution in [2.45, 2.75) is 20.0 Å². The molecule has 2 heterocycles. The van der Waals surface area contributed by atoms with E-state index in [-0.39, 0.29) is 0 Å². The lowest BCUT2D eigenvalue weighted by molar-refractivity contribution is -0.123. The molecule has 7 heteroatoms. The molecule has 1 unspecified atom stereocenters. The number of anilines is 1. The maximum absolute atomic E-state index is 12.8. The molecule has 0 aliphatic carbocycles. The van der Waals surface area contributed by atoms with Crippen molar-refractivity contribution in [3.05, 3.63) is 78.0 Å². The molecule has 0 spiro atoms. The van der Waals surface area contributed by atoms with Gasteiger partial charge in [0.15, 0.2) is 6.10 Å². The highest BCUT2D eigenvalue weighted by molar-refractivity contribution is 6.00. The summed E-state index contributed by atoms with van der Waals surface area (Å²) in [5.41, 5.74) is 3.56. The zero-order valence-electron chi connectivity index (χ0n) is 16.5. The number of hydrogen-bond donors (Lipinski definition) is 2. The monoisotopic (exact) mass is 400 g/mol. The van der Waals surface area contributed by atoms with Gasteiger partial charge in [-0.25, -0.2) is 14.8 Å². The summed E-state index contributed by atoms with van der Waals surface area (Å²) >= 11 is 0. The van der Waals surface area contributed by atoms with Crippen molar-refractivity contribution in [2.75, 3.05) is 5.32 Å². The number of aromatic nitrogens is 3. The number of carbonyl (C=O) groups excluding carboxylic acids is 2. The molecule has 30 heavy (non-hydrogen) atoms. The minimum atomic E-state index is -0.997. The number of benzene rings is 2. The summed E-state index contributed by atoms with van der Waals surface area (Å²) in [5.74, 6) is -0.0936. The molecule has 4 aromatic rings. The number of carbonyl (C=O) groups is 2. The van der Waals surface area contributed by atoms with Crippen molar-refractivity contribution in [3.63, 3.8) is 0 Å². The first-order chi connectivity index (χ1) is 14.5. The SMILES string of the molecule is Cc1ccnc(NC(=O)C(C)OC(=O)c2ccccc2-c2nc3ccccc3[nH]2)c1. The molecule has 2 aromatic carbocycles. The number of H-pyrrole nitrogens is 1. The fraction of sp³-hybridized carbons (Fsp3) is 0.130. The van der Waals surface area contributed by atoms with Gasteiger partial charge in [-0.1, -0.05) is 30.3 Å². The zero-order valence-corrected chi connectivity index (χ0v) is 16.5. The number of aryl methyl sites for hydroxylation is 1. The van der Waals surface area contributed by atoms with Crippen LogP contribution in [0.15, 0.2) is 66.9 Å². The van der Waals surface area contributed by atoms with Gasteiger partial charge in [0.2, 0.25) is 0 Å². The third-order valence-electron chi connectivity index (χ3n) is 4.61. The minimum Gasteiger partial charge on any atom is -0.449 e. The van der Waals surface area contributed by atoms with Gasteiger partial charge in [-0.05, 0) is 49.7 Å². The Hall–Kier alpha value is -4.00. The summed E-state index contributed by atoms with van der Waals surface area (Å²) in [7, 11) is 0. The number of pyridine rings is 1. The van der Waals surface area contributed by atoms with Crippen molar-refractivity contribution in [1.82, 2.24) is 15.0 Å². The number of para-hydroxylation sites is 2. The van der Waals surface area contributed by atoms with Crippen LogP contribution >= 0.6 is 0 Å². The number of fused-ring (bicyclic) bond motifs is 1. The molecule has 0 saturated heterocycles. The molecule has 0 fully saturated rings. The number of nitrogens with zero attached hydrogens (tertiary/aromatic N) is 2. The van der Waals surface area contributed by atoms with Gasteiger partial charge in [0.1, 0.15) is 11.6 Å². The van der Waals surface area contributed by atoms with E-state index in [4.69, 9.17) is 4.74 Å². The summed E-state index contributed by atoms with van der Waals surface area (Å²) < 4.78 is 5.42. The number of amides is 1. The lowest BCUT2D eigenvalue weighted by atomic mass is 10.1. The molecule has 0 radical (unpaired) electrons. The molecule has 0 aliphatic heterocycles. The summed E-state index contributed by atoms with van der Waals surface area (Å²) in [6.45, 7) is 3.42. The maximum Gasteiger partial charge on any atom is 0.339 e. The average molecular weight is 400 g/mol. The van der Waals surface area contributed by atoms with Crippen LogP contribution < -0.4 is 5.32 Å². The fourth-order valence-electron chi connectivity index (χ4n) is 3.06. The molecule has 0 aliphatic rings. The second-order valence-corrected chi connectivity index (χ2v) is 6.90. The summed E-state index contributed by atoms with van der Waals surface area (Å²) in [4.78, 5) is 37.1. The predicted octanol–water partition coefficient (Wildman–Crippen LogP) is 4.12. The second kappa shape index (κ2) is 8.16. The van der Waals surface area contributed by atoms with Gasteiger partial charge < -0.3 is 15.0 Å². The quantitative estimate of drug-likeness (QED) is 0.491. The van der Waals surface area contributed by atoms with Crippen LogP contribution in [0.2, 0.25) is 0 Å². The average Bonchev–Trinajstić information content (AvgIpc) is 3.18. The van der Waals surface area contributed by atoms with E-state index in [0.717, 1.165) is 16.6 Å². The van der Waals surface area contributed by atoms with E-state index in [0.29, 0.717) is 22.8 Å². The van der Waals surface area contributed by atoms with Gasteiger partial charge in [-0.15, -0.1) is 0 Å². The predicted molar refractivity (Wildman–Crippen MR) is 114 cm³/mol. The Kier molecular flexibility index (Phi) is 5.26. The molecule has 150 valence electrons. The topological polar surface area (TPSA) is 97.0 Å². The molecule has 0 saturated carbocycles. The van der Waals surface area contributed by atoms with E-state index in [1.807, 2.05) is 43.3 Å². The Balaban J connectivity index is 1.53. The van der Waals surface area contributed by atoms with Crippen LogP contribution in [-0.2, 0) is 9.53 Å². The van der Waals surface area contributed by atoms with Gasteiger partial charge in [0.05, 0.1) is 16.6 Å². The highest BCUT2D eigenvalue weighted by Gasteiger charge is 2.22. The van der Waals surface area contributed by atoms with Crippen LogP contribution in [0.1, 0.15) is 22.8 Å². The number of nitrogens with one attached hydrogen (secondary N) is 2. The molecular formula is C23H20N4O3. The van der Waals surface area contributed by atoms with E-state index >= 15 is 0 Å². The Morgan fingerprint density at radius 2 is 1.83 bits per heavy atom. The molecule has 1 amide bonds. The van der Waals surface area contributed by atoms with E-state index in [9.17, 15) is 9.59 Å². The largest absolute Gasteiger partial charge is 0.449 e. The van der Waals surface area contributed by atoms with E-state index < -0.39 is 18.0 Å². The molecular weight excluding hydrogens is 380 g/mol. The van der Waals surface area contributed by atoms with Crippen molar-refractivity contribution in [3.8, 4) is 11.4 Å². The number of hydrogen-bond acceptors (Lipinski definition) is 5. The van der Waals surface area contributed by atoms with Crippen molar-refractivity contribution < 1.29 is 14.3 Å². The normalized spacial score (nSPS) is 11.8. The Morgan fingerprint density at radius 3 is 2.63 bits per heavy atom. The van der Waals surface area contributed by atoms with E-state index in [1.165, 1.54) is 6.92 Å². The lowest BCUT2D eigenvalue weighted by Gasteiger charge is -2.14. The molecule has 0 bridgehead atoms. The van der Waals surface area contributed by atoms with Gasteiger partial charge in [-0.3, -0.25) is 4.79 Å². The highest BCUT2D eigenvalue weighted by Crippen LogP contribution is 2.25. The van der Waals surface area contributed by atoms with Gasteiger partial charge in [-0.2, -0.15) is 0 Å².